The summed E-state index contributed by atoms with van der Waals surface area (Å²) in [5.74, 6) is 0.0315. The fraction of sp³-hybridized carbons (Fsp3) is 0.519. The lowest BCUT2D eigenvalue weighted by atomic mass is 9.98. The predicted octanol–water partition coefficient (Wildman–Crippen LogP) is 3.48. The number of hydrogen-bond donors (Lipinski definition) is 2. The van der Waals surface area contributed by atoms with Crippen molar-refractivity contribution in [2.24, 2.45) is 5.92 Å². The molecule has 0 spiro atoms. The quantitative estimate of drug-likeness (QED) is 0.265. The number of carbonyl (C=O) groups is 3. The highest BCUT2D eigenvalue weighted by Crippen LogP contribution is 2.21. The largest absolute Gasteiger partial charge is 0.463 e. The molecule has 1 aromatic rings. The Bertz CT molecular complexity index is 832. The number of aliphatic hydroxyl groups is 1. The lowest BCUT2D eigenvalue weighted by Gasteiger charge is -2.26. The van der Waals surface area contributed by atoms with Gasteiger partial charge in [-0.15, -0.1) is 13.2 Å². The molecule has 1 fully saturated rings. The maximum atomic E-state index is 13.2. The Morgan fingerprint density at radius 2 is 2.00 bits per heavy atom. The van der Waals surface area contributed by atoms with Crippen LogP contribution < -0.4 is 5.32 Å². The van der Waals surface area contributed by atoms with E-state index in [2.05, 4.69) is 18.5 Å². The molecule has 192 valence electrons. The van der Waals surface area contributed by atoms with E-state index in [4.69, 9.17) is 4.74 Å². The van der Waals surface area contributed by atoms with Gasteiger partial charge in [0.1, 0.15) is 6.61 Å². The standard InChI is InChI=1S/C27H38N2O5S/c1-3-5-14-26(32)34-18-23(20-35-19-21-11-7-6-8-12-21)28-27(33)22(10-4-2)16-25(31)29-15-9-13-24(29)17-30/h3-4,6-8,11-12,22-24,30H,1-2,5,9-10,13-20H2,(H,28,33)/t22-,23-,24+/m1/s1. The van der Waals surface area contributed by atoms with Crippen LogP contribution in [-0.2, 0) is 24.9 Å². The predicted molar refractivity (Wildman–Crippen MR) is 140 cm³/mol. The first kappa shape index (κ1) is 28.7. The van der Waals surface area contributed by atoms with E-state index < -0.39 is 5.92 Å². The van der Waals surface area contributed by atoms with Gasteiger partial charge in [-0.05, 0) is 31.2 Å². The molecule has 0 aliphatic carbocycles. The average Bonchev–Trinajstić information content (AvgIpc) is 3.35. The number of likely N-dealkylation sites (tertiary alicyclic amines) is 1. The van der Waals surface area contributed by atoms with Gasteiger partial charge in [-0.1, -0.05) is 42.5 Å². The lowest BCUT2D eigenvalue weighted by Crippen LogP contribution is -2.45. The number of carbonyl (C=O) groups excluding carboxylic acids is 3. The van der Waals surface area contributed by atoms with Crippen LogP contribution in [0.2, 0.25) is 0 Å². The molecule has 7 nitrogen and oxygen atoms in total. The summed E-state index contributed by atoms with van der Waals surface area (Å²) < 4.78 is 5.40. The number of benzene rings is 1. The molecular formula is C27H38N2O5S. The number of nitrogens with one attached hydrogen (secondary N) is 1. The van der Waals surface area contributed by atoms with Gasteiger partial charge in [0.05, 0.1) is 24.6 Å². The van der Waals surface area contributed by atoms with Crippen LogP contribution in [0.3, 0.4) is 0 Å². The molecular weight excluding hydrogens is 464 g/mol. The van der Waals surface area contributed by atoms with E-state index in [-0.39, 0.29) is 55.9 Å². The molecule has 0 aromatic heterocycles. The van der Waals surface area contributed by atoms with Gasteiger partial charge < -0.3 is 20.1 Å². The minimum absolute atomic E-state index is 0.0529. The minimum atomic E-state index is -0.571. The van der Waals surface area contributed by atoms with E-state index in [1.807, 2.05) is 30.3 Å². The zero-order valence-corrected chi connectivity index (χ0v) is 21.2. The fourth-order valence-corrected chi connectivity index (χ4v) is 5.01. The van der Waals surface area contributed by atoms with Crippen LogP contribution in [0.5, 0.6) is 0 Å². The van der Waals surface area contributed by atoms with Crippen LogP contribution in [0.25, 0.3) is 0 Å². The van der Waals surface area contributed by atoms with Gasteiger partial charge in [-0.2, -0.15) is 11.8 Å². The molecule has 1 heterocycles. The Morgan fingerprint density at radius 1 is 1.23 bits per heavy atom. The second-order valence-corrected chi connectivity index (χ2v) is 9.74. The third-order valence-corrected chi connectivity index (χ3v) is 7.10. The number of hydrogen-bond acceptors (Lipinski definition) is 6. The van der Waals surface area contributed by atoms with Gasteiger partial charge in [0.15, 0.2) is 0 Å². The van der Waals surface area contributed by atoms with Crippen LogP contribution in [-0.4, -0.2) is 65.4 Å². The molecule has 2 amide bonds. The summed E-state index contributed by atoms with van der Waals surface area (Å²) in [6.45, 7) is 7.96. The molecule has 1 aromatic carbocycles. The monoisotopic (exact) mass is 502 g/mol. The van der Waals surface area contributed by atoms with Crippen LogP contribution in [0.1, 0.15) is 44.1 Å². The summed E-state index contributed by atoms with van der Waals surface area (Å²) in [5.41, 5.74) is 1.17. The molecule has 0 radical (unpaired) electrons. The summed E-state index contributed by atoms with van der Waals surface area (Å²) in [4.78, 5) is 39.7. The summed E-state index contributed by atoms with van der Waals surface area (Å²) in [6.07, 6.45) is 6.12. The fourth-order valence-electron chi connectivity index (χ4n) is 4.00. The third-order valence-electron chi connectivity index (χ3n) is 5.93. The van der Waals surface area contributed by atoms with Crippen LogP contribution in [0.4, 0.5) is 0 Å². The minimum Gasteiger partial charge on any atom is -0.463 e. The van der Waals surface area contributed by atoms with Gasteiger partial charge in [0.2, 0.25) is 11.8 Å². The molecule has 1 aliphatic rings. The molecule has 1 aliphatic heterocycles. The van der Waals surface area contributed by atoms with E-state index in [1.165, 1.54) is 5.56 Å². The number of thioether (sulfide) groups is 1. The number of ether oxygens (including phenoxy) is 1. The topological polar surface area (TPSA) is 95.9 Å². The first-order valence-electron chi connectivity index (χ1n) is 12.2. The van der Waals surface area contributed by atoms with Crippen molar-refractivity contribution < 1.29 is 24.2 Å². The second-order valence-electron chi connectivity index (χ2n) is 8.71. The molecule has 8 heteroatoms. The molecule has 2 N–H and O–H groups in total. The molecule has 0 unspecified atom stereocenters. The van der Waals surface area contributed by atoms with E-state index >= 15 is 0 Å². The number of nitrogens with zero attached hydrogens (tertiary/aromatic N) is 1. The molecule has 35 heavy (non-hydrogen) atoms. The van der Waals surface area contributed by atoms with Crippen molar-refractivity contribution in [3.05, 3.63) is 61.2 Å². The third kappa shape index (κ3) is 10.3. The Kier molecular flexibility index (Phi) is 13.2. The highest BCUT2D eigenvalue weighted by molar-refractivity contribution is 7.98. The highest BCUT2D eigenvalue weighted by atomic mass is 32.2. The van der Waals surface area contributed by atoms with E-state index in [1.54, 1.807) is 28.8 Å². The van der Waals surface area contributed by atoms with Crippen molar-refractivity contribution in [3.8, 4) is 0 Å². The van der Waals surface area contributed by atoms with Crippen molar-refractivity contribution in [2.75, 3.05) is 25.5 Å². The zero-order valence-electron chi connectivity index (χ0n) is 20.4. The van der Waals surface area contributed by atoms with Crippen LogP contribution >= 0.6 is 11.8 Å². The van der Waals surface area contributed by atoms with Gasteiger partial charge in [0, 0.05) is 30.9 Å². The lowest BCUT2D eigenvalue weighted by molar-refractivity contribution is -0.145. The van der Waals surface area contributed by atoms with Gasteiger partial charge in [-0.3, -0.25) is 14.4 Å². The Balaban J connectivity index is 1.98. The molecule has 2 rings (SSSR count). The SMILES string of the molecule is C=CCCC(=O)OC[C@H](CSCc1ccccc1)NC(=O)[C@H](CC=C)CC(=O)N1CCC[C@H]1CO. The molecule has 3 atom stereocenters. The van der Waals surface area contributed by atoms with Gasteiger partial charge in [0.25, 0.3) is 0 Å². The van der Waals surface area contributed by atoms with Crippen molar-refractivity contribution in [2.45, 2.75) is 56.4 Å². The average molecular weight is 503 g/mol. The molecule has 1 saturated heterocycles. The van der Waals surface area contributed by atoms with Crippen molar-refractivity contribution in [3.63, 3.8) is 0 Å². The Morgan fingerprint density at radius 3 is 2.69 bits per heavy atom. The molecule has 0 saturated carbocycles. The summed E-state index contributed by atoms with van der Waals surface area (Å²) >= 11 is 1.64. The zero-order chi connectivity index (χ0) is 25.5. The number of aliphatic hydroxyl groups excluding tert-OH is 1. The Labute approximate surface area is 213 Å². The van der Waals surface area contributed by atoms with Gasteiger partial charge in [-0.25, -0.2) is 0 Å². The van der Waals surface area contributed by atoms with Crippen molar-refractivity contribution in [1.29, 1.82) is 0 Å². The van der Waals surface area contributed by atoms with Crippen molar-refractivity contribution in [1.82, 2.24) is 10.2 Å². The summed E-state index contributed by atoms with van der Waals surface area (Å²) in [6, 6.07) is 9.45. The van der Waals surface area contributed by atoms with Gasteiger partial charge >= 0.3 is 5.97 Å². The van der Waals surface area contributed by atoms with E-state index in [9.17, 15) is 19.5 Å². The summed E-state index contributed by atoms with van der Waals surface area (Å²) in [7, 11) is 0. The first-order chi connectivity index (χ1) is 17.0. The number of allylic oxidation sites excluding steroid dienone is 2. The Hall–Kier alpha value is -2.58. The van der Waals surface area contributed by atoms with Crippen LogP contribution in [0.15, 0.2) is 55.6 Å². The van der Waals surface area contributed by atoms with Crippen LogP contribution in [0, 0.1) is 5.92 Å². The maximum Gasteiger partial charge on any atom is 0.306 e. The summed E-state index contributed by atoms with van der Waals surface area (Å²) in [5, 5.41) is 12.5. The highest BCUT2D eigenvalue weighted by Gasteiger charge is 2.31. The number of rotatable bonds is 16. The normalized spacial score (nSPS) is 16.8. The first-order valence-corrected chi connectivity index (χ1v) is 13.3. The number of amides is 2. The molecule has 0 bridgehead atoms. The van der Waals surface area contributed by atoms with E-state index in [0.717, 1.165) is 18.6 Å². The van der Waals surface area contributed by atoms with E-state index in [0.29, 0.717) is 25.1 Å². The number of esters is 1. The smallest absolute Gasteiger partial charge is 0.306 e. The maximum absolute atomic E-state index is 13.2. The van der Waals surface area contributed by atoms with Crippen molar-refractivity contribution >= 4 is 29.5 Å². The second kappa shape index (κ2) is 16.2.